The molecule has 134 valence electrons. The Morgan fingerprint density at radius 2 is 1.54 bits per heavy atom. The van der Waals surface area contributed by atoms with Crippen molar-refractivity contribution in [3.63, 3.8) is 0 Å². The minimum atomic E-state index is 0.491. The lowest BCUT2D eigenvalue weighted by atomic mass is 9.92. The SMILES string of the molecule is Cc1c2c(n(-c3c(C(C)C)cccc3C(C)C)c1C)-c1cccc[n+]1C2. The van der Waals surface area contributed by atoms with Crippen LogP contribution >= 0.6 is 0 Å². The molecule has 4 rings (SSSR count). The van der Waals surface area contributed by atoms with Crippen molar-refractivity contribution in [1.82, 2.24) is 4.57 Å². The summed E-state index contributed by atoms with van der Waals surface area (Å²) in [4.78, 5) is 0. The summed E-state index contributed by atoms with van der Waals surface area (Å²) in [5.74, 6) is 0.983. The van der Waals surface area contributed by atoms with Crippen molar-refractivity contribution < 1.29 is 4.57 Å². The molecule has 0 saturated heterocycles. The smallest absolute Gasteiger partial charge is 0.230 e. The highest BCUT2D eigenvalue weighted by atomic mass is 15.1. The minimum absolute atomic E-state index is 0.491. The molecule has 0 aliphatic carbocycles. The maximum atomic E-state index is 2.55. The summed E-state index contributed by atoms with van der Waals surface area (Å²) in [6.07, 6.45) is 2.20. The van der Waals surface area contributed by atoms with E-state index in [1.165, 1.54) is 45.0 Å². The third-order valence-corrected chi connectivity index (χ3v) is 5.92. The monoisotopic (exact) mass is 345 g/mol. The van der Waals surface area contributed by atoms with Crippen LogP contribution in [0.15, 0.2) is 42.6 Å². The lowest BCUT2D eigenvalue weighted by Gasteiger charge is -2.23. The molecular weight excluding hydrogens is 316 g/mol. The van der Waals surface area contributed by atoms with Crippen LogP contribution in [0.2, 0.25) is 0 Å². The Kier molecular flexibility index (Phi) is 4.02. The van der Waals surface area contributed by atoms with Crippen LogP contribution in [0.3, 0.4) is 0 Å². The molecule has 3 heterocycles. The van der Waals surface area contributed by atoms with Crippen LogP contribution in [0.4, 0.5) is 0 Å². The van der Waals surface area contributed by atoms with Crippen LogP contribution in [0.5, 0.6) is 0 Å². The van der Waals surface area contributed by atoms with Crippen LogP contribution in [-0.4, -0.2) is 4.57 Å². The Morgan fingerprint density at radius 1 is 0.885 bits per heavy atom. The van der Waals surface area contributed by atoms with Crippen molar-refractivity contribution >= 4 is 0 Å². The van der Waals surface area contributed by atoms with E-state index in [0.717, 1.165) is 6.54 Å². The highest BCUT2D eigenvalue weighted by Gasteiger charge is 2.34. The van der Waals surface area contributed by atoms with Gasteiger partial charge in [0.05, 0.1) is 11.3 Å². The average Bonchev–Trinajstić information content (AvgIpc) is 3.10. The van der Waals surface area contributed by atoms with Crippen molar-refractivity contribution in [2.24, 2.45) is 0 Å². The van der Waals surface area contributed by atoms with E-state index in [1.807, 2.05) is 0 Å². The van der Waals surface area contributed by atoms with Gasteiger partial charge in [0.2, 0.25) is 5.69 Å². The largest absolute Gasteiger partial charge is 0.307 e. The molecule has 1 aromatic carbocycles. The molecule has 1 aliphatic rings. The Balaban J connectivity index is 2.11. The second kappa shape index (κ2) is 6.12. The fraction of sp³-hybridized carbons (Fsp3) is 0.375. The van der Waals surface area contributed by atoms with Gasteiger partial charge in [-0.2, -0.15) is 4.57 Å². The molecule has 0 saturated carbocycles. The maximum Gasteiger partial charge on any atom is 0.230 e. The quantitative estimate of drug-likeness (QED) is 0.424. The predicted molar refractivity (Wildman–Crippen MR) is 108 cm³/mol. The predicted octanol–water partition coefficient (Wildman–Crippen LogP) is 5.66. The van der Waals surface area contributed by atoms with Crippen molar-refractivity contribution in [2.75, 3.05) is 0 Å². The van der Waals surface area contributed by atoms with E-state index in [0.29, 0.717) is 11.8 Å². The average molecular weight is 346 g/mol. The Hall–Kier alpha value is -2.35. The van der Waals surface area contributed by atoms with Crippen molar-refractivity contribution in [1.29, 1.82) is 0 Å². The van der Waals surface area contributed by atoms with Gasteiger partial charge in [0.15, 0.2) is 12.7 Å². The summed E-state index contributed by atoms with van der Waals surface area (Å²) in [5, 5.41) is 0. The summed E-state index contributed by atoms with van der Waals surface area (Å²) in [6, 6.07) is 13.4. The first kappa shape index (κ1) is 17.1. The van der Waals surface area contributed by atoms with Crippen LogP contribution in [0, 0.1) is 13.8 Å². The molecule has 3 aromatic rings. The van der Waals surface area contributed by atoms with Gasteiger partial charge in [0.1, 0.15) is 5.69 Å². The maximum absolute atomic E-state index is 2.55. The number of pyridine rings is 1. The lowest BCUT2D eigenvalue weighted by Crippen LogP contribution is -2.32. The van der Waals surface area contributed by atoms with Crippen molar-refractivity contribution in [2.45, 2.75) is 59.9 Å². The molecular formula is C24H29N2+. The first-order chi connectivity index (χ1) is 12.4. The highest BCUT2D eigenvalue weighted by molar-refractivity contribution is 5.69. The van der Waals surface area contributed by atoms with Crippen molar-refractivity contribution in [3.05, 3.63) is 70.5 Å². The van der Waals surface area contributed by atoms with Gasteiger partial charge in [-0.3, -0.25) is 0 Å². The topological polar surface area (TPSA) is 8.81 Å². The molecule has 0 amide bonds. The number of nitrogens with zero attached hydrogens (tertiary/aromatic N) is 2. The molecule has 26 heavy (non-hydrogen) atoms. The Bertz CT molecular complexity index is 963. The van der Waals surface area contributed by atoms with Crippen LogP contribution in [0.25, 0.3) is 17.1 Å². The zero-order valence-corrected chi connectivity index (χ0v) is 16.8. The van der Waals surface area contributed by atoms with Gasteiger partial charge in [-0.15, -0.1) is 0 Å². The standard InChI is InChI=1S/C24H29N2/c1-15(2)19-10-9-11-20(16(3)4)23(19)26-18(6)17(5)21-14-25-13-8-7-12-22(25)24(21)26/h7-13,15-16H,14H2,1-6H3/q+1. The number of rotatable bonds is 3. The molecule has 0 fully saturated rings. The molecule has 1 aliphatic heterocycles. The van der Waals surface area contributed by atoms with Crippen LogP contribution < -0.4 is 4.57 Å². The van der Waals surface area contributed by atoms with Gasteiger partial charge in [0, 0.05) is 17.8 Å². The molecule has 0 N–H and O–H groups in total. The fourth-order valence-electron chi connectivity index (χ4n) is 4.38. The number of fused-ring (bicyclic) bond motifs is 3. The van der Waals surface area contributed by atoms with Gasteiger partial charge in [0.25, 0.3) is 0 Å². The Labute approximate surface area is 157 Å². The third-order valence-electron chi connectivity index (χ3n) is 5.92. The van der Waals surface area contributed by atoms with Crippen molar-refractivity contribution in [3.8, 4) is 17.1 Å². The highest BCUT2D eigenvalue weighted by Crippen LogP contribution is 2.40. The molecule has 0 bridgehead atoms. The second-order valence-corrected chi connectivity index (χ2v) is 8.18. The van der Waals surface area contributed by atoms with Crippen LogP contribution in [0.1, 0.15) is 67.5 Å². The normalized spacial score (nSPS) is 12.8. The van der Waals surface area contributed by atoms with E-state index in [9.17, 15) is 0 Å². The van der Waals surface area contributed by atoms with E-state index in [4.69, 9.17) is 0 Å². The van der Waals surface area contributed by atoms with Gasteiger partial charge >= 0.3 is 0 Å². The number of aromatic nitrogens is 2. The zero-order chi connectivity index (χ0) is 18.6. The third kappa shape index (κ3) is 2.35. The molecule has 0 atom stereocenters. The minimum Gasteiger partial charge on any atom is -0.307 e. The van der Waals surface area contributed by atoms with E-state index in [2.05, 4.69) is 93.3 Å². The number of benzene rings is 1. The fourth-order valence-corrected chi connectivity index (χ4v) is 4.38. The molecule has 0 radical (unpaired) electrons. The van der Waals surface area contributed by atoms with Crippen LogP contribution in [-0.2, 0) is 6.54 Å². The van der Waals surface area contributed by atoms with Gasteiger partial charge < -0.3 is 4.57 Å². The first-order valence-electron chi connectivity index (χ1n) is 9.74. The molecule has 2 nitrogen and oxygen atoms in total. The summed E-state index contributed by atoms with van der Waals surface area (Å²) < 4.78 is 4.93. The van der Waals surface area contributed by atoms with E-state index in [1.54, 1.807) is 0 Å². The van der Waals surface area contributed by atoms with Gasteiger partial charge in [-0.25, -0.2) is 0 Å². The van der Waals surface area contributed by atoms with Gasteiger partial charge in [-0.1, -0.05) is 45.9 Å². The molecule has 2 aromatic heterocycles. The summed E-state index contributed by atoms with van der Waals surface area (Å²) in [6.45, 7) is 14.8. The van der Waals surface area contributed by atoms with Gasteiger partial charge in [-0.05, 0) is 48.4 Å². The summed E-state index contributed by atoms with van der Waals surface area (Å²) >= 11 is 0. The Morgan fingerprint density at radius 3 is 2.15 bits per heavy atom. The lowest BCUT2D eigenvalue weighted by molar-refractivity contribution is -0.672. The van der Waals surface area contributed by atoms with E-state index in [-0.39, 0.29) is 0 Å². The summed E-state index contributed by atoms with van der Waals surface area (Å²) in [5.41, 5.74) is 11.3. The zero-order valence-electron chi connectivity index (χ0n) is 16.8. The number of para-hydroxylation sites is 1. The molecule has 0 spiro atoms. The second-order valence-electron chi connectivity index (χ2n) is 8.18. The number of hydrogen-bond acceptors (Lipinski definition) is 0. The van der Waals surface area contributed by atoms with E-state index >= 15 is 0 Å². The first-order valence-corrected chi connectivity index (χ1v) is 9.74. The number of hydrogen-bond donors (Lipinski definition) is 0. The van der Waals surface area contributed by atoms with E-state index < -0.39 is 0 Å². The molecule has 2 heteroatoms. The molecule has 0 unspecified atom stereocenters. The summed E-state index contributed by atoms with van der Waals surface area (Å²) in [7, 11) is 0.